The van der Waals surface area contributed by atoms with Crippen molar-refractivity contribution < 1.29 is 4.42 Å². The Morgan fingerprint density at radius 1 is 0.551 bits per heavy atom. The molecule has 0 radical (unpaired) electrons. The van der Waals surface area contributed by atoms with Gasteiger partial charge in [0.05, 0.1) is 45.2 Å². The van der Waals surface area contributed by atoms with Gasteiger partial charge in [0.1, 0.15) is 17.0 Å². The second-order valence-electron chi connectivity index (χ2n) is 13.5. The number of furan rings is 1. The van der Waals surface area contributed by atoms with E-state index >= 15 is 0 Å². The van der Waals surface area contributed by atoms with Gasteiger partial charge in [0, 0.05) is 38.0 Å². The number of hydrogen-bond acceptors (Lipinski definition) is 3. The molecule has 10 aromatic rings. The number of benzene rings is 6. The van der Waals surface area contributed by atoms with E-state index in [9.17, 15) is 0 Å². The third-order valence-corrected chi connectivity index (χ3v) is 11.0. The van der Waals surface area contributed by atoms with E-state index < -0.39 is 0 Å². The number of para-hydroxylation sites is 3. The Kier molecular flexibility index (Phi) is 4.66. The van der Waals surface area contributed by atoms with Crippen molar-refractivity contribution >= 4 is 82.4 Å². The molecule has 0 bridgehead atoms. The van der Waals surface area contributed by atoms with Crippen LogP contribution in [-0.2, 0) is 0 Å². The molecule has 0 amide bonds. The van der Waals surface area contributed by atoms with Crippen LogP contribution in [0.2, 0.25) is 0 Å². The highest BCUT2D eigenvalue weighted by Gasteiger charge is 2.48. The molecule has 0 saturated carbocycles. The maximum atomic E-state index is 7.17. The van der Waals surface area contributed by atoms with E-state index in [1.54, 1.807) is 0 Å². The van der Waals surface area contributed by atoms with E-state index in [-0.39, 0.29) is 0 Å². The number of anilines is 2. The Morgan fingerprint density at radius 2 is 1.20 bits per heavy atom. The van der Waals surface area contributed by atoms with Crippen molar-refractivity contribution in [1.82, 2.24) is 8.97 Å². The van der Waals surface area contributed by atoms with Crippen LogP contribution in [0, 0.1) is 0 Å². The molecule has 1 saturated heterocycles. The summed E-state index contributed by atoms with van der Waals surface area (Å²) in [6.45, 7) is 0. The predicted octanol–water partition coefficient (Wildman–Crippen LogP) is 10.6. The summed E-state index contributed by atoms with van der Waals surface area (Å²) in [5.41, 5.74) is 18.0. The summed E-state index contributed by atoms with van der Waals surface area (Å²) >= 11 is 0. The Morgan fingerprint density at radius 3 is 2.00 bits per heavy atom. The largest absolute Gasteiger partial charge is 0.455 e. The Bertz CT molecular complexity index is 3060. The van der Waals surface area contributed by atoms with Crippen LogP contribution < -0.4 is 10.6 Å². The van der Waals surface area contributed by atoms with Crippen LogP contribution >= 0.6 is 0 Å². The predicted molar refractivity (Wildman–Crippen MR) is 203 cm³/mol. The van der Waals surface area contributed by atoms with Crippen LogP contribution in [-0.4, -0.2) is 21.1 Å². The fourth-order valence-corrected chi connectivity index (χ4v) is 8.82. The average molecular weight is 629 g/mol. The average Bonchev–Trinajstić information content (AvgIpc) is 3.37. The van der Waals surface area contributed by atoms with Gasteiger partial charge in [-0.05, 0) is 65.7 Å². The van der Waals surface area contributed by atoms with Crippen molar-refractivity contribution in [1.29, 1.82) is 0 Å². The zero-order valence-corrected chi connectivity index (χ0v) is 26.3. The lowest BCUT2D eigenvalue weighted by atomic mass is 9.99. The Hall–Kier alpha value is -6.46. The van der Waals surface area contributed by atoms with Gasteiger partial charge < -0.3 is 19.6 Å². The van der Waals surface area contributed by atoms with Crippen LogP contribution in [0.5, 0.6) is 0 Å². The number of fused-ring (bicyclic) bond motifs is 11. The molecular weight excluding hydrogens is 601 g/mol. The second kappa shape index (κ2) is 8.91. The first kappa shape index (κ1) is 25.6. The third-order valence-electron chi connectivity index (χ3n) is 11.0. The van der Waals surface area contributed by atoms with Gasteiger partial charge in [-0.15, -0.1) is 0 Å². The van der Waals surface area contributed by atoms with Gasteiger partial charge in [0.2, 0.25) is 0 Å². The molecule has 4 aromatic heterocycles. The molecule has 5 heteroatoms. The fraction of sp³-hybridized carbons (Fsp3) is 0.0455. The highest BCUT2D eigenvalue weighted by atomic mass is 16.3. The van der Waals surface area contributed by atoms with Crippen LogP contribution in [0.15, 0.2) is 150 Å². The van der Waals surface area contributed by atoms with Crippen molar-refractivity contribution in [2.75, 3.05) is 10.6 Å². The maximum absolute atomic E-state index is 7.17. The van der Waals surface area contributed by atoms with Crippen molar-refractivity contribution in [3.05, 3.63) is 146 Å². The number of hydrogen-bond donors (Lipinski definition) is 1. The second-order valence-corrected chi connectivity index (χ2v) is 13.5. The molecule has 49 heavy (non-hydrogen) atoms. The monoisotopic (exact) mass is 628 g/mol. The summed E-state index contributed by atoms with van der Waals surface area (Å²) in [5.74, 6) is 1.05. The summed E-state index contributed by atoms with van der Waals surface area (Å²) in [6, 6.07) is 44.4. The topological polar surface area (TPSA) is 51.5 Å². The lowest BCUT2D eigenvalue weighted by Crippen LogP contribution is -2.04. The van der Waals surface area contributed by atoms with Crippen LogP contribution in [0.4, 0.5) is 11.5 Å². The van der Waals surface area contributed by atoms with Gasteiger partial charge in [0.15, 0.2) is 0 Å². The standard InChI is InChI=1S/C44H28N4O/c45-41-40-42-32(24-33-29-13-5-9-17-39(29)49-43(33)40)31-23-26(19-21-36(31)48(42)44(41)47-37-15-7-8-16-38(37)47)25-18-20-35-30(22-25)28-12-4-6-14-34(28)46(35)27-10-2-1-3-11-27/h1-24,37-38H,45H2/t37-,38?,47?/m1/s1. The van der Waals surface area contributed by atoms with E-state index in [0.29, 0.717) is 12.1 Å². The molecule has 1 aliphatic carbocycles. The molecule has 230 valence electrons. The lowest BCUT2D eigenvalue weighted by molar-refractivity contribution is 0.673. The first-order valence-electron chi connectivity index (χ1n) is 16.9. The molecular formula is C44H28N4O. The zero-order chi connectivity index (χ0) is 32.0. The molecule has 1 fully saturated rings. The molecule has 12 rings (SSSR count). The van der Waals surface area contributed by atoms with Crippen LogP contribution in [0.3, 0.4) is 0 Å². The van der Waals surface area contributed by atoms with Crippen molar-refractivity contribution in [3.8, 4) is 16.8 Å². The molecule has 1 aliphatic heterocycles. The summed E-state index contributed by atoms with van der Waals surface area (Å²) in [6.07, 6.45) is 8.83. The molecule has 2 atom stereocenters. The smallest absolute Gasteiger partial charge is 0.147 e. The van der Waals surface area contributed by atoms with Crippen LogP contribution in [0.1, 0.15) is 0 Å². The van der Waals surface area contributed by atoms with E-state index in [1.165, 1.54) is 49.4 Å². The van der Waals surface area contributed by atoms with Gasteiger partial charge in [0.25, 0.3) is 0 Å². The van der Waals surface area contributed by atoms with Crippen molar-refractivity contribution in [3.63, 3.8) is 0 Å². The molecule has 0 spiro atoms. The maximum Gasteiger partial charge on any atom is 0.147 e. The molecule has 5 heterocycles. The Balaban J connectivity index is 1.14. The summed E-state index contributed by atoms with van der Waals surface area (Å²) < 4.78 is 11.3. The normalized spacial score (nSPS) is 17.3. The van der Waals surface area contributed by atoms with Gasteiger partial charge >= 0.3 is 0 Å². The van der Waals surface area contributed by atoms with Crippen molar-refractivity contribution in [2.45, 2.75) is 12.1 Å². The summed E-state index contributed by atoms with van der Waals surface area (Å²) in [5, 5.41) is 8.13. The highest BCUT2D eigenvalue weighted by molar-refractivity contribution is 6.30. The van der Waals surface area contributed by atoms with E-state index in [4.69, 9.17) is 10.2 Å². The number of nitrogens with zero attached hydrogens (tertiary/aromatic N) is 3. The summed E-state index contributed by atoms with van der Waals surface area (Å²) in [7, 11) is 0. The van der Waals surface area contributed by atoms with E-state index in [0.717, 1.165) is 49.9 Å². The molecule has 2 aliphatic rings. The van der Waals surface area contributed by atoms with Gasteiger partial charge in [-0.2, -0.15) is 0 Å². The minimum Gasteiger partial charge on any atom is -0.455 e. The van der Waals surface area contributed by atoms with E-state index in [2.05, 4.69) is 147 Å². The minimum atomic E-state index is 0.315. The first-order valence-corrected chi connectivity index (χ1v) is 16.9. The quantitative estimate of drug-likeness (QED) is 0.198. The zero-order valence-electron chi connectivity index (χ0n) is 26.3. The van der Waals surface area contributed by atoms with Crippen molar-refractivity contribution in [2.24, 2.45) is 0 Å². The molecule has 5 nitrogen and oxygen atoms in total. The summed E-state index contributed by atoms with van der Waals surface area (Å²) in [4.78, 5) is 2.44. The minimum absolute atomic E-state index is 0.315. The van der Waals surface area contributed by atoms with Gasteiger partial charge in [-0.3, -0.25) is 4.40 Å². The molecule has 6 aromatic carbocycles. The highest BCUT2D eigenvalue weighted by Crippen LogP contribution is 2.52. The third kappa shape index (κ3) is 3.20. The fourth-order valence-electron chi connectivity index (χ4n) is 8.82. The van der Waals surface area contributed by atoms with Gasteiger partial charge in [-0.1, -0.05) is 91.0 Å². The molecule has 2 N–H and O–H groups in total. The molecule has 1 unspecified atom stereocenters. The number of nitrogen functional groups attached to an aromatic ring is 1. The number of nitrogens with two attached hydrogens (primary N) is 1. The number of allylic oxidation sites excluding steroid dienone is 2. The number of rotatable bonds is 3. The Labute approximate surface area is 280 Å². The SMILES string of the molecule is Nc1c(N2C3C=CC=C[C@H]32)n2c3ccc(-c4ccc5c(c4)c4ccccc4n5-c4ccccc4)cc3c3cc4c5ccccc5oc4c1c32. The van der Waals surface area contributed by atoms with Gasteiger partial charge in [-0.25, -0.2) is 0 Å². The number of aromatic nitrogens is 2. The first-order chi connectivity index (χ1) is 24.2. The van der Waals surface area contributed by atoms with E-state index in [1.807, 2.05) is 12.1 Å². The van der Waals surface area contributed by atoms with Crippen LogP contribution in [0.25, 0.3) is 87.8 Å². The lowest BCUT2D eigenvalue weighted by Gasteiger charge is -2.09.